The summed E-state index contributed by atoms with van der Waals surface area (Å²) in [7, 11) is 0. The van der Waals surface area contributed by atoms with Crippen LogP contribution < -0.4 is 0 Å². The van der Waals surface area contributed by atoms with E-state index in [-0.39, 0.29) is 0 Å². The third kappa shape index (κ3) is 38.3. The summed E-state index contributed by atoms with van der Waals surface area (Å²) in [6.45, 7) is 5.85. The fourth-order valence-corrected chi connectivity index (χ4v) is 0.250. The molecule has 0 saturated heterocycles. The van der Waals surface area contributed by atoms with Crippen LogP contribution in [0.3, 0.4) is 0 Å². The van der Waals surface area contributed by atoms with Crippen LogP contribution >= 0.6 is 36.7 Å². The molecule has 0 unspecified atom stereocenters. The van der Waals surface area contributed by atoms with Crippen molar-refractivity contribution in [1.29, 1.82) is 0 Å². The van der Waals surface area contributed by atoms with E-state index in [0.717, 1.165) is 6.42 Å². The van der Waals surface area contributed by atoms with E-state index in [2.05, 4.69) is 50.5 Å². The van der Waals surface area contributed by atoms with Gasteiger partial charge >= 0.3 is 51.4 Å². The van der Waals surface area contributed by atoms with Crippen molar-refractivity contribution in [3.8, 4) is 0 Å². The summed E-state index contributed by atoms with van der Waals surface area (Å²) in [6, 6.07) is 0. The van der Waals surface area contributed by atoms with E-state index in [0.29, 0.717) is 0 Å². The van der Waals surface area contributed by atoms with Crippen LogP contribution in [0.25, 0.3) is 0 Å². The molecule has 0 nitrogen and oxygen atoms in total. The molecule has 0 radical (unpaired) electrons. The third-order valence-electron chi connectivity index (χ3n) is 0.604. The molecule has 0 aliphatic carbocycles. The molecule has 0 saturated carbocycles. The molecule has 0 heterocycles. The van der Waals surface area contributed by atoms with E-state index in [1.165, 1.54) is 12.8 Å². The van der Waals surface area contributed by atoms with Crippen molar-refractivity contribution in [1.82, 2.24) is 0 Å². The van der Waals surface area contributed by atoms with Crippen molar-refractivity contribution in [3.63, 3.8) is 0 Å². The average Bonchev–Trinajstić information content (AvgIpc) is 1.66. The van der Waals surface area contributed by atoms with Gasteiger partial charge in [0.05, 0.1) is 0 Å². The first kappa shape index (κ1) is 13.9. The number of halogens is 3. The molecule has 0 aromatic carbocycles. The molecular formula is C5H11Br3Zr-. The molecule has 0 rings (SSSR count). The molecule has 9 heavy (non-hydrogen) atoms. The van der Waals surface area contributed by atoms with Gasteiger partial charge in [-0.15, -0.1) is 0 Å². The molecule has 0 N–H and O–H groups in total. The number of unbranched alkanes of at least 4 members (excludes halogenated alkanes) is 2. The van der Waals surface area contributed by atoms with Gasteiger partial charge in [0, 0.05) is 0 Å². The molecule has 0 aromatic heterocycles. The first-order valence-electron chi connectivity index (χ1n) is 2.77. The van der Waals surface area contributed by atoms with E-state index in [1.807, 2.05) is 0 Å². The average molecular weight is 402 g/mol. The molecule has 0 aliphatic heterocycles. The van der Waals surface area contributed by atoms with E-state index >= 15 is 0 Å². The van der Waals surface area contributed by atoms with Crippen LogP contribution in [-0.2, 0) is 14.7 Å². The Morgan fingerprint density at radius 1 is 1.33 bits per heavy atom. The molecule has 4 heteroatoms. The molecule has 57 valence electrons. The SMILES string of the molecule is [Br][Zr]([Br])[Br].[CH2-]CCCC. The Kier molecular flexibility index (Phi) is 20.0. The van der Waals surface area contributed by atoms with E-state index in [1.54, 1.807) is 0 Å². The smallest absolute Gasteiger partial charge is 0.0586 e. The second kappa shape index (κ2) is 13.0. The number of hydrogen-bond donors (Lipinski definition) is 0. The largest absolute Gasteiger partial charge is 0.343 e. The quantitative estimate of drug-likeness (QED) is 0.595. The van der Waals surface area contributed by atoms with Gasteiger partial charge in [-0.05, 0) is 0 Å². The van der Waals surface area contributed by atoms with E-state index in [9.17, 15) is 0 Å². The molecule has 0 aliphatic rings. The van der Waals surface area contributed by atoms with E-state index in [4.69, 9.17) is 0 Å². The van der Waals surface area contributed by atoms with Crippen LogP contribution in [0.1, 0.15) is 26.2 Å². The molecule has 0 aromatic rings. The first-order valence-corrected chi connectivity index (χ1v) is 19.6. The zero-order chi connectivity index (χ0) is 7.70. The van der Waals surface area contributed by atoms with Crippen LogP contribution in [0.4, 0.5) is 0 Å². The Labute approximate surface area is 83.2 Å². The fraction of sp³-hybridized carbons (Fsp3) is 0.800. The van der Waals surface area contributed by atoms with Gasteiger partial charge in [0.15, 0.2) is 0 Å². The predicted octanol–water partition coefficient (Wildman–Crippen LogP) is 4.54. The van der Waals surface area contributed by atoms with Gasteiger partial charge in [0.2, 0.25) is 0 Å². The van der Waals surface area contributed by atoms with E-state index < -0.39 is 14.7 Å². The summed E-state index contributed by atoms with van der Waals surface area (Å²) >= 11 is 8.80. The Morgan fingerprint density at radius 2 is 1.67 bits per heavy atom. The standard InChI is InChI=1S/C5H11.3BrH.Zr/c1-3-5-4-2;;;;/h1,3-5H2,2H3;3*1H;/q-1;;;;+3/p-3. The Hall–Kier alpha value is 2.32. The molecule has 0 amide bonds. The van der Waals surface area contributed by atoms with Crippen molar-refractivity contribution < 1.29 is 14.7 Å². The monoisotopic (exact) mass is 398 g/mol. The minimum atomic E-state index is -1.11. The predicted molar refractivity (Wildman–Crippen MR) is 51.7 cm³/mol. The zero-order valence-electron chi connectivity index (χ0n) is 5.46. The Balaban J connectivity index is 0. The van der Waals surface area contributed by atoms with Crippen LogP contribution in [0, 0.1) is 6.92 Å². The van der Waals surface area contributed by atoms with Gasteiger partial charge in [-0.1, -0.05) is 19.8 Å². The fourth-order valence-electron chi connectivity index (χ4n) is 0.250. The second-order valence-corrected chi connectivity index (χ2v) is 35.4. The maximum absolute atomic E-state index is 3.68. The molecular weight excluding hydrogens is 391 g/mol. The van der Waals surface area contributed by atoms with Crippen molar-refractivity contribution in [2.45, 2.75) is 26.2 Å². The summed E-state index contributed by atoms with van der Waals surface area (Å²) < 4.78 is 0. The second-order valence-electron chi connectivity index (χ2n) is 1.42. The van der Waals surface area contributed by atoms with Crippen molar-refractivity contribution in [2.75, 3.05) is 0 Å². The van der Waals surface area contributed by atoms with Gasteiger partial charge in [0.1, 0.15) is 0 Å². The van der Waals surface area contributed by atoms with Crippen LogP contribution in [-0.4, -0.2) is 0 Å². The summed E-state index contributed by atoms with van der Waals surface area (Å²) in [4.78, 5) is 0. The van der Waals surface area contributed by atoms with Crippen molar-refractivity contribution in [3.05, 3.63) is 6.92 Å². The van der Waals surface area contributed by atoms with Gasteiger partial charge in [-0.25, -0.2) is 0 Å². The van der Waals surface area contributed by atoms with Crippen LogP contribution in [0.15, 0.2) is 0 Å². The van der Waals surface area contributed by atoms with Crippen LogP contribution in [0.5, 0.6) is 0 Å². The molecule has 0 bridgehead atoms. The molecule has 0 spiro atoms. The molecule has 0 fully saturated rings. The number of hydrogen-bond acceptors (Lipinski definition) is 0. The maximum atomic E-state index is 3.68. The first-order chi connectivity index (χ1) is 4.15. The van der Waals surface area contributed by atoms with Gasteiger partial charge in [-0.3, -0.25) is 0 Å². The minimum Gasteiger partial charge on any atom is -0.343 e. The van der Waals surface area contributed by atoms with Crippen molar-refractivity contribution in [2.24, 2.45) is 0 Å². The Bertz CT molecular complexity index is 36.4. The Morgan fingerprint density at radius 3 is 1.67 bits per heavy atom. The zero-order valence-corrected chi connectivity index (χ0v) is 12.7. The topological polar surface area (TPSA) is 0 Å². The minimum absolute atomic E-state index is 1.09. The van der Waals surface area contributed by atoms with Crippen LogP contribution in [0.2, 0.25) is 0 Å². The van der Waals surface area contributed by atoms with Gasteiger partial charge in [-0.2, -0.15) is 6.42 Å². The summed E-state index contributed by atoms with van der Waals surface area (Å²) in [5.74, 6) is 0. The number of rotatable bonds is 2. The van der Waals surface area contributed by atoms with Crippen molar-refractivity contribution >= 4 is 36.7 Å². The molecule has 0 atom stereocenters. The van der Waals surface area contributed by atoms with Gasteiger partial charge < -0.3 is 6.92 Å². The third-order valence-corrected chi connectivity index (χ3v) is 0.604. The summed E-state index contributed by atoms with van der Waals surface area (Å²) in [5.41, 5.74) is 0. The van der Waals surface area contributed by atoms with Gasteiger partial charge in [0.25, 0.3) is 0 Å². The maximum Gasteiger partial charge on any atom is -0.0586 e. The summed E-state index contributed by atoms with van der Waals surface area (Å²) in [5, 5.41) is 0. The summed E-state index contributed by atoms with van der Waals surface area (Å²) in [6.07, 6.45) is 3.65. The normalized spacial score (nSPS) is 7.67.